The lowest BCUT2D eigenvalue weighted by Crippen LogP contribution is -2.26. The van der Waals surface area contributed by atoms with Crippen molar-refractivity contribution in [1.29, 1.82) is 0 Å². The molecular formula is C22H29N4O6P. The van der Waals surface area contributed by atoms with Crippen LogP contribution in [0.3, 0.4) is 0 Å². The van der Waals surface area contributed by atoms with Crippen molar-refractivity contribution in [3.8, 4) is 17.4 Å². The van der Waals surface area contributed by atoms with Gasteiger partial charge in [-0.05, 0) is 37.0 Å². The fraction of sp³-hybridized carbons (Fsp3) is 0.455. The van der Waals surface area contributed by atoms with Crippen LogP contribution in [0.5, 0.6) is 17.4 Å². The Hall–Kier alpha value is -2.97. The van der Waals surface area contributed by atoms with Crippen molar-refractivity contribution in [2.45, 2.75) is 45.6 Å². The third-order valence-corrected chi connectivity index (χ3v) is 7.62. The van der Waals surface area contributed by atoms with Crippen LogP contribution in [0.25, 0.3) is 0 Å². The molecule has 1 saturated carbocycles. The molecule has 2 heterocycles. The van der Waals surface area contributed by atoms with Crippen LogP contribution >= 0.6 is 7.52 Å². The number of aromatic nitrogens is 1. The second-order valence-electron chi connectivity index (χ2n) is 9.41. The number of ether oxygens (including phenoxy) is 1. The van der Waals surface area contributed by atoms with E-state index in [4.69, 9.17) is 15.0 Å². The first-order valence-corrected chi connectivity index (χ1v) is 12.3. The number of benzene rings is 1. The molecule has 2 aromatic rings. The molecule has 1 amide bonds. The van der Waals surface area contributed by atoms with Crippen molar-refractivity contribution in [2.75, 3.05) is 19.0 Å². The summed E-state index contributed by atoms with van der Waals surface area (Å²) in [6.45, 7) is 6.11. The van der Waals surface area contributed by atoms with Crippen molar-refractivity contribution >= 4 is 30.3 Å². The summed E-state index contributed by atoms with van der Waals surface area (Å²) >= 11 is 0. The molecule has 1 aliphatic heterocycles. The molecule has 1 aliphatic carbocycles. The van der Waals surface area contributed by atoms with Crippen LogP contribution in [-0.4, -0.2) is 40.2 Å². The highest BCUT2D eigenvalue weighted by Crippen LogP contribution is 2.53. The Kier molecular flexibility index (Phi) is 5.70. The number of fused-ring (bicyclic) bond motifs is 1. The maximum absolute atomic E-state index is 13.6. The van der Waals surface area contributed by atoms with Crippen LogP contribution in [0.1, 0.15) is 44.9 Å². The van der Waals surface area contributed by atoms with E-state index in [1.807, 2.05) is 20.8 Å². The van der Waals surface area contributed by atoms with E-state index in [-0.39, 0.29) is 40.7 Å². The minimum atomic E-state index is -3.78. The molecule has 0 spiro atoms. The van der Waals surface area contributed by atoms with Gasteiger partial charge in [-0.1, -0.05) is 20.8 Å². The zero-order chi connectivity index (χ0) is 24.1. The smallest absolute Gasteiger partial charge is 0.348 e. The number of hydrogen-bond acceptors (Lipinski definition) is 7. The molecule has 1 fully saturated rings. The summed E-state index contributed by atoms with van der Waals surface area (Å²) in [6, 6.07) is 4.65. The number of amidine groups is 1. The van der Waals surface area contributed by atoms with E-state index in [0.29, 0.717) is 23.8 Å². The fourth-order valence-corrected chi connectivity index (χ4v) is 5.52. The van der Waals surface area contributed by atoms with Crippen LogP contribution in [0.15, 0.2) is 23.0 Å². The third-order valence-electron chi connectivity index (χ3n) is 5.68. The molecule has 178 valence electrons. The van der Waals surface area contributed by atoms with E-state index >= 15 is 0 Å². The number of anilines is 1. The largest absolute Gasteiger partial charge is 0.505 e. The van der Waals surface area contributed by atoms with Gasteiger partial charge in [-0.3, -0.25) is 9.36 Å². The van der Waals surface area contributed by atoms with Gasteiger partial charge in [0.25, 0.3) is 5.91 Å². The maximum Gasteiger partial charge on any atom is 0.348 e. The number of rotatable bonds is 7. The molecule has 1 aromatic carbocycles. The predicted octanol–water partition coefficient (Wildman–Crippen LogP) is 2.81. The second-order valence-corrected chi connectivity index (χ2v) is 11.5. The predicted molar refractivity (Wildman–Crippen MR) is 125 cm³/mol. The van der Waals surface area contributed by atoms with E-state index in [1.165, 1.54) is 13.2 Å². The molecule has 0 bridgehead atoms. The van der Waals surface area contributed by atoms with Crippen molar-refractivity contribution in [2.24, 2.45) is 16.4 Å². The topological polar surface area (TPSA) is 148 Å². The van der Waals surface area contributed by atoms with Crippen molar-refractivity contribution in [1.82, 2.24) is 4.57 Å². The highest BCUT2D eigenvalue weighted by atomic mass is 31.2. The molecule has 4 rings (SSSR count). The maximum atomic E-state index is 13.6. The average Bonchev–Trinajstić information content (AvgIpc) is 3.51. The molecular weight excluding hydrogens is 447 g/mol. The first-order chi connectivity index (χ1) is 15.4. The lowest BCUT2D eigenvalue weighted by atomic mass is 9.91. The van der Waals surface area contributed by atoms with Crippen molar-refractivity contribution < 1.29 is 28.8 Å². The fourth-order valence-electron chi connectivity index (χ4n) is 3.99. The van der Waals surface area contributed by atoms with Gasteiger partial charge in [0.1, 0.15) is 11.3 Å². The van der Waals surface area contributed by atoms with Gasteiger partial charge in [-0.15, -0.1) is 0 Å². The highest BCUT2D eigenvalue weighted by molar-refractivity contribution is 7.66. The number of nitrogens with zero attached hydrogens (tertiary/aromatic N) is 2. The Morgan fingerprint density at radius 3 is 2.61 bits per heavy atom. The SMILES string of the molecule is COP1(=O)N=C(c2c(O)c(C(C)(C)C)n(CC3CC3)c2O)Nc2ccc(OCC(N)=O)cc21. The van der Waals surface area contributed by atoms with Crippen LogP contribution in [0.4, 0.5) is 5.69 Å². The van der Waals surface area contributed by atoms with Gasteiger partial charge in [-0.25, -0.2) is 0 Å². The van der Waals surface area contributed by atoms with Crippen LogP contribution in [0.2, 0.25) is 0 Å². The standard InChI is InChI=1S/C22H29N4O6P/c1-22(2,3)19-18(28)17(21(29)26(19)10-12-5-6-12)20-24-14-8-7-13(32-11-16(23)27)9-15(14)33(30,25-20)31-4/h7-9,12,28-29H,5-6,10-11H2,1-4H3,(H2,23,27)(H,24,25,30). The third kappa shape index (κ3) is 4.32. The quantitative estimate of drug-likeness (QED) is 0.449. The van der Waals surface area contributed by atoms with Crippen LogP contribution in [-0.2, 0) is 25.8 Å². The van der Waals surface area contributed by atoms with Crippen molar-refractivity contribution in [3.63, 3.8) is 0 Å². The van der Waals surface area contributed by atoms with Gasteiger partial charge in [0.05, 0.1) is 16.7 Å². The Morgan fingerprint density at radius 2 is 2.03 bits per heavy atom. The van der Waals surface area contributed by atoms with E-state index in [2.05, 4.69) is 10.1 Å². The Balaban J connectivity index is 1.80. The van der Waals surface area contributed by atoms with Crippen LogP contribution < -0.4 is 21.1 Å². The average molecular weight is 476 g/mol. The zero-order valence-corrected chi connectivity index (χ0v) is 20.0. The van der Waals surface area contributed by atoms with E-state index in [1.54, 1.807) is 16.7 Å². The summed E-state index contributed by atoms with van der Waals surface area (Å²) in [4.78, 5) is 11.0. The Bertz CT molecular complexity index is 1190. The monoisotopic (exact) mass is 476 g/mol. The molecule has 10 nitrogen and oxygen atoms in total. The van der Waals surface area contributed by atoms with Gasteiger partial charge >= 0.3 is 7.52 Å². The molecule has 5 N–H and O–H groups in total. The van der Waals surface area contributed by atoms with E-state index in [0.717, 1.165) is 12.8 Å². The minimum Gasteiger partial charge on any atom is -0.505 e. The summed E-state index contributed by atoms with van der Waals surface area (Å²) in [6.07, 6.45) is 2.14. The molecule has 2 aliphatic rings. The van der Waals surface area contributed by atoms with Gasteiger partial charge in [0.15, 0.2) is 18.2 Å². The number of aromatic hydroxyl groups is 2. The van der Waals surface area contributed by atoms with E-state index in [9.17, 15) is 19.6 Å². The number of hydrogen-bond donors (Lipinski definition) is 4. The van der Waals surface area contributed by atoms with Crippen LogP contribution in [0, 0.1) is 5.92 Å². The van der Waals surface area contributed by atoms with Crippen molar-refractivity contribution in [3.05, 3.63) is 29.5 Å². The zero-order valence-electron chi connectivity index (χ0n) is 19.1. The van der Waals surface area contributed by atoms with E-state index < -0.39 is 18.8 Å². The summed E-state index contributed by atoms with van der Waals surface area (Å²) in [7, 11) is -2.51. The number of carbonyl (C=O) groups excluding carboxylic acids is 1. The second kappa shape index (κ2) is 8.11. The first kappa shape index (κ1) is 23.2. The molecule has 33 heavy (non-hydrogen) atoms. The molecule has 0 radical (unpaired) electrons. The number of amides is 1. The summed E-state index contributed by atoms with van der Waals surface area (Å²) in [5.74, 6) is -0.113. The highest BCUT2D eigenvalue weighted by Gasteiger charge is 2.39. The number of nitrogens with two attached hydrogens (primary N) is 1. The number of carbonyl (C=O) groups is 1. The summed E-state index contributed by atoms with van der Waals surface area (Å²) in [5.41, 5.74) is 5.74. The molecule has 1 unspecified atom stereocenters. The van der Waals surface area contributed by atoms with Gasteiger partial charge in [-0.2, -0.15) is 4.76 Å². The Morgan fingerprint density at radius 1 is 1.33 bits per heavy atom. The molecule has 11 heteroatoms. The van der Waals surface area contributed by atoms with Gasteiger partial charge in [0, 0.05) is 19.1 Å². The lowest BCUT2D eigenvalue weighted by molar-refractivity contribution is -0.119. The molecule has 0 saturated heterocycles. The Labute approximate surface area is 191 Å². The molecule has 1 atom stereocenters. The first-order valence-electron chi connectivity index (χ1n) is 10.7. The molecule has 1 aromatic heterocycles. The normalized spacial score (nSPS) is 20.1. The summed E-state index contributed by atoms with van der Waals surface area (Å²) in [5, 5.41) is 25.6. The van der Waals surface area contributed by atoms with Gasteiger partial charge in [0.2, 0.25) is 5.88 Å². The number of primary amides is 1. The lowest BCUT2D eigenvalue weighted by Gasteiger charge is -2.24. The minimum absolute atomic E-state index is 0.0496. The number of nitrogens with one attached hydrogen (secondary N) is 1. The summed E-state index contributed by atoms with van der Waals surface area (Å²) < 4.78 is 30.3. The van der Waals surface area contributed by atoms with Gasteiger partial charge < -0.3 is 35.1 Å².